The van der Waals surface area contributed by atoms with Crippen LogP contribution in [0.5, 0.6) is 0 Å². The van der Waals surface area contributed by atoms with E-state index >= 15 is 0 Å². The second-order valence-electron chi connectivity index (χ2n) is 15.9. The summed E-state index contributed by atoms with van der Waals surface area (Å²) in [5.41, 5.74) is 6.81. The SMILES string of the molecule is CC(C)c1nc(N(C)S(C)(=O)=O)nc(-c2ccc(F)cc2)c1/C=C/C(O)C[C@@H](O)CC(=O)O.CC(C)c1nc(N(C)S(C)(=O)=O)nc(-c2ccc(F)cc2)c1/C=C/C(O)C[C@@H](O)CC(=O)[O-].C[NH3+]. The minimum Gasteiger partial charge on any atom is -0.550 e. The third kappa shape index (κ3) is 18.0. The van der Waals surface area contributed by atoms with Crippen LogP contribution >= 0.6 is 0 Å². The van der Waals surface area contributed by atoms with Crippen molar-refractivity contribution in [2.45, 2.75) is 89.6 Å². The molecule has 8 N–H and O–H groups in total. The Labute approximate surface area is 395 Å². The van der Waals surface area contributed by atoms with Gasteiger partial charge in [0.25, 0.3) is 0 Å². The Balaban J connectivity index is 0.000000450. The Hall–Kier alpha value is -5.82. The van der Waals surface area contributed by atoms with E-state index in [-0.39, 0.29) is 36.6 Å². The molecular formula is C45H61F2N7O12S2. The van der Waals surface area contributed by atoms with Gasteiger partial charge < -0.3 is 41.2 Å². The van der Waals surface area contributed by atoms with E-state index in [1.54, 1.807) is 7.05 Å². The highest BCUT2D eigenvalue weighted by Crippen LogP contribution is 2.33. The molecule has 68 heavy (non-hydrogen) atoms. The number of halogens is 2. The van der Waals surface area contributed by atoms with Crippen LogP contribution in [-0.2, 0) is 29.6 Å². The fourth-order valence-electron chi connectivity index (χ4n) is 6.08. The molecule has 0 spiro atoms. The van der Waals surface area contributed by atoms with E-state index in [1.165, 1.54) is 86.9 Å². The molecule has 0 saturated carbocycles. The van der Waals surface area contributed by atoms with Crippen LogP contribution in [0.4, 0.5) is 20.7 Å². The number of aliphatic hydroxyl groups is 4. The van der Waals surface area contributed by atoms with Gasteiger partial charge in [-0.25, -0.2) is 54.2 Å². The quantitative estimate of drug-likeness (QED) is 0.0740. The molecule has 0 radical (unpaired) electrons. The largest absolute Gasteiger partial charge is 0.550 e. The van der Waals surface area contributed by atoms with Gasteiger partial charge in [-0.3, -0.25) is 4.79 Å². The number of carbonyl (C=O) groups excluding carboxylic acids is 1. The highest BCUT2D eigenvalue weighted by molar-refractivity contribution is 7.92. The van der Waals surface area contributed by atoms with Crippen molar-refractivity contribution in [3.8, 4) is 22.5 Å². The molecule has 4 rings (SSSR count). The van der Waals surface area contributed by atoms with Crippen LogP contribution in [-0.4, -0.2) is 132 Å². The summed E-state index contributed by atoms with van der Waals surface area (Å²) in [6, 6.07) is 10.9. The van der Waals surface area contributed by atoms with Crippen LogP contribution in [0.1, 0.15) is 87.7 Å². The molecule has 0 aliphatic carbocycles. The molecule has 0 amide bonds. The molecule has 2 aromatic heterocycles. The predicted molar refractivity (Wildman–Crippen MR) is 252 cm³/mol. The van der Waals surface area contributed by atoms with Gasteiger partial charge in [0.1, 0.15) is 11.6 Å². The van der Waals surface area contributed by atoms with E-state index in [1.807, 2.05) is 27.7 Å². The van der Waals surface area contributed by atoms with Crippen molar-refractivity contribution in [3.05, 3.63) is 94.8 Å². The van der Waals surface area contributed by atoms with Crippen molar-refractivity contribution in [2.24, 2.45) is 0 Å². The van der Waals surface area contributed by atoms with Gasteiger partial charge in [-0.2, -0.15) is 0 Å². The molecule has 4 aromatic rings. The zero-order valence-corrected chi connectivity index (χ0v) is 40.9. The summed E-state index contributed by atoms with van der Waals surface area (Å²) in [6.07, 6.45) is 1.44. The number of rotatable bonds is 20. The lowest BCUT2D eigenvalue weighted by molar-refractivity contribution is -0.325. The maximum atomic E-state index is 13.5. The maximum absolute atomic E-state index is 13.5. The number of nitrogens with zero attached hydrogens (tertiary/aromatic N) is 6. The van der Waals surface area contributed by atoms with Crippen LogP contribution in [0.25, 0.3) is 34.7 Å². The topological polar surface area (TPSA) is 312 Å². The van der Waals surface area contributed by atoms with Crippen LogP contribution in [0.2, 0.25) is 0 Å². The zero-order chi connectivity index (χ0) is 51.8. The lowest BCUT2D eigenvalue weighted by atomic mass is 9.97. The van der Waals surface area contributed by atoms with Crippen LogP contribution in [0.3, 0.4) is 0 Å². The van der Waals surface area contributed by atoms with E-state index < -0.39 is 80.9 Å². The fourth-order valence-corrected chi connectivity index (χ4v) is 6.84. The van der Waals surface area contributed by atoms with Gasteiger partial charge >= 0.3 is 5.97 Å². The lowest BCUT2D eigenvalue weighted by Gasteiger charge is -2.20. The fraction of sp³-hybridized carbons (Fsp3) is 0.422. The number of carbonyl (C=O) groups is 2. The average Bonchev–Trinajstić information content (AvgIpc) is 3.24. The number of aliphatic hydroxyl groups excluding tert-OH is 4. The number of hydrogen-bond donors (Lipinski definition) is 6. The van der Waals surface area contributed by atoms with E-state index in [9.17, 15) is 60.7 Å². The second kappa shape index (κ2) is 26.1. The number of hydrogen-bond acceptors (Lipinski definition) is 15. The van der Waals surface area contributed by atoms with Crippen LogP contribution in [0, 0.1) is 11.6 Å². The molecule has 19 nitrogen and oxygen atoms in total. The Morgan fingerprint density at radius 3 is 1.25 bits per heavy atom. The number of aromatic nitrogens is 4. The first-order valence-electron chi connectivity index (χ1n) is 21.0. The molecule has 0 aliphatic rings. The second-order valence-corrected chi connectivity index (χ2v) is 20.0. The molecule has 23 heteroatoms. The highest BCUT2D eigenvalue weighted by atomic mass is 32.2. The number of benzene rings is 2. The third-order valence-electron chi connectivity index (χ3n) is 9.62. The monoisotopic (exact) mass is 993 g/mol. The first-order valence-corrected chi connectivity index (χ1v) is 24.7. The lowest BCUT2D eigenvalue weighted by Crippen LogP contribution is -2.40. The summed E-state index contributed by atoms with van der Waals surface area (Å²) in [6.45, 7) is 7.40. The summed E-state index contributed by atoms with van der Waals surface area (Å²) >= 11 is 0. The highest BCUT2D eigenvalue weighted by Gasteiger charge is 2.25. The summed E-state index contributed by atoms with van der Waals surface area (Å²) in [5.74, 6) is -4.01. The molecule has 0 bridgehead atoms. The number of sulfonamides is 2. The van der Waals surface area contributed by atoms with Crippen LogP contribution < -0.4 is 19.5 Å². The average molecular weight is 994 g/mol. The number of carboxylic acid groups (broad SMARTS) is 2. The first kappa shape index (κ1) is 58.3. The van der Waals surface area contributed by atoms with E-state index in [0.717, 1.165) is 21.1 Å². The zero-order valence-electron chi connectivity index (χ0n) is 39.3. The van der Waals surface area contributed by atoms with E-state index in [4.69, 9.17) is 5.11 Å². The first-order chi connectivity index (χ1) is 31.6. The maximum Gasteiger partial charge on any atom is 0.305 e. The van der Waals surface area contributed by atoms with E-state index in [2.05, 4.69) is 25.7 Å². The molecular weight excluding hydrogens is 933 g/mol. The van der Waals surface area contributed by atoms with Crippen molar-refractivity contribution in [1.29, 1.82) is 0 Å². The molecule has 2 aromatic carbocycles. The molecule has 0 saturated heterocycles. The van der Waals surface area contributed by atoms with Gasteiger partial charge in [0.15, 0.2) is 0 Å². The number of aliphatic carboxylic acids is 2. The predicted octanol–water partition coefficient (Wildman–Crippen LogP) is 2.33. The number of anilines is 2. The molecule has 2 heterocycles. The van der Waals surface area contributed by atoms with Crippen LogP contribution in [0.15, 0.2) is 60.7 Å². The number of carboxylic acids is 2. The van der Waals surface area contributed by atoms with Gasteiger partial charge in [0, 0.05) is 61.6 Å². The summed E-state index contributed by atoms with van der Waals surface area (Å²) in [5, 5.41) is 59.4. The Bertz CT molecular complexity index is 2420. The Morgan fingerprint density at radius 1 is 0.647 bits per heavy atom. The van der Waals surface area contributed by atoms with Gasteiger partial charge in [-0.1, -0.05) is 52.0 Å². The normalized spacial score (nSPS) is 13.6. The molecule has 374 valence electrons. The summed E-state index contributed by atoms with van der Waals surface area (Å²) in [4.78, 5) is 39.0. The molecule has 0 fully saturated rings. The van der Waals surface area contributed by atoms with Gasteiger partial charge in [-0.15, -0.1) is 0 Å². The van der Waals surface area contributed by atoms with Gasteiger partial charge in [0.2, 0.25) is 31.9 Å². The molecule has 2 unspecified atom stereocenters. The van der Waals surface area contributed by atoms with Crippen molar-refractivity contribution in [2.75, 3.05) is 42.3 Å². The van der Waals surface area contributed by atoms with Crippen molar-refractivity contribution < 1.29 is 71.6 Å². The van der Waals surface area contributed by atoms with E-state index in [0.29, 0.717) is 45.0 Å². The Morgan fingerprint density at radius 2 is 0.971 bits per heavy atom. The molecule has 0 aliphatic heterocycles. The smallest absolute Gasteiger partial charge is 0.305 e. The Kier molecular flexibility index (Phi) is 22.4. The molecule has 4 atom stereocenters. The van der Waals surface area contributed by atoms with Gasteiger partial charge in [-0.05, 0) is 60.4 Å². The van der Waals surface area contributed by atoms with Gasteiger partial charge in [0.05, 0.1) is 73.2 Å². The van der Waals surface area contributed by atoms with Crippen molar-refractivity contribution in [1.82, 2.24) is 19.9 Å². The third-order valence-corrected chi connectivity index (χ3v) is 11.9. The summed E-state index contributed by atoms with van der Waals surface area (Å²) in [7, 11) is -2.91. The number of quaternary nitrogens is 1. The van der Waals surface area contributed by atoms with Crippen molar-refractivity contribution in [3.63, 3.8) is 0 Å². The summed E-state index contributed by atoms with van der Waals surface area (Å²) < 4.78 is 77.1. The minimum absolute atomic E-state index is 0.0601. The van der Waals surface area contributed by atoms with Crippen molar-refractivity contribution >= 4 is 56.0 Å². The minimum atomic E-state index is -3.66. The standard InChI is InChI=1S/2C22H28FN3O6S.CH5N/c2*1-13(2)20-18(10-9-16(27)11-17(28)12-19(29)30)21(14-5-7-15(23)8-6-14)25-22(24-20)26(3)33(4,31)32;1-2/h2*5-10,13,16-17,27-28H,11-12H2,1-4H3,(H,29,30);2H2,1H3/b2*10-9+;/t2*16?,17-;/m11./s1.